The molecule has 0 aliphatic carbocycles. The van der Waals surface area contributed by atoms with Crippen molar-refractivity contribution in [2.75, 3.05) is 19.9 Å². The smallest absolute Gasteiger partial charge is 0.253 e. The van der Waals surface area contributed by atoms with Crippen molar-refractivity contribution in [2.45, 2.75) is 45.7 Å². The summed E-state index contributed by atoms with van der Waals surface area (Å²) in [5, 5.41) is 5.86. The Balaban J connectivity index is 1.44. The number of hydrogen-bond donors (Lipinski definition) is 2. The fourth-order valence-corrected chi connectivity index (χ4v) is 4.35. The van der Waals surface area contributed by atoms with Crippen molar-refractivity contribution in [1.29, 1.82) is 0 Å². The normalized spacial score (nSPS) is 16.3. The van der Waals surface area contributed by atoms with Crippen LogP contribution in [0.15, 0.2) is 42.5 Å². The third-order valence-corrected chi connectivity index (χ3v) is 6.23. The Kier molecular flexibility index (Phi) is 7.05. The minimum absolute atomic E-state index is 0.00831. The van der Waals surface area contributed by atoms with Gasteiger partial charge in [-0.2, -0.15) is 0 Å². The summed E-state index contributed by atoms with van der Waals surface area (Å²) >= 11 is 0. The van der Waals surface area contributed by atoms with Gasteiger partial charge in [-0.3, -0.25) is 14.4 Å². The molecule has 2 aromatic rings. The lowest BCUT2D eigenvalue weighted by Crippen LogP contribution is -2.54. The maximum atomic E-state index is 13.0. The van der Waals surface area contributed by atoms with E-state index < -0.39 is 6.04 Å². The summed E-state index contributed by atoms with van der Waals surface area (Å²) in [7, 11) is 0. The lowest BCUT2D eigenvalue weighted by Gasteiger charge is -2.36. The van der Waals surface area contributed by atoms with Crippen LogP contribution in [0.4, 0.5) is 0 Å². The van der Waals surface area contributed by atoms with Crippen molar-refractivity contribution in [3.63, 3.8) is 0 Å². The van der Waals surface area contributed by atoms with E-state index >= 15 is 0 Å². The number of amides is 3. The Labute approximate surface area is 199 Å². The number of hydrogen-bond acceptors (Lipinski definition) is 5. The predicted molar refractivity (Wildman–Crippen MR) is 127 cm³/mol. The molecule has 0 spiro atoms. The van der Waals surface area contributed by atoms with E-state index in [0.717, 1.165) is 5.56 Å². The summed E-state index contributed by atoms with van der Waals surface area (Å²) in [4.78, 5) is 40.7. The number of nitrogens with zero attached hydrogens (tertiary/aromatic N) is 1. The summed E-state index contributed by atoms with van der Waals surface area (Å²) in [5.41, 5.74) is 2.17. The molecule has 2 aliphatic rings. The maximum Gasteiger partial charge on any atom is 0.253 e. The highest BCUT2D eigenvalue weighted by molar-refractivity contribution is 5.98. The van der Waals surface area contributed by atoms with Gasteiger partial charge in [0, 0.05) is 30.3 Å². The Bertz CT molecular complexity index is 1060. The zero-order chi connectivity index (χ0) is 24.2. The van der Waals surface area contributed by atoms with Crippen LogP contribution in [0.2, 0.25) is 0 Å². The van der Waals surface area contributed by atoms with Crippen LogP contribution in [0.3, 0.4) is 0 Å². The highest BCUT2D eigenvalue weighted by Crippen LogP contribution is 2.32. The molecule has 0 unspecified atom stereocenters. The summed E-state index contributed by atoms with van der Waals surface area (Å²) in [6.45, 7) is 6.94. The van der Waals surface area contributed by atoms with Crippen LogP contribution < -0.4 is 20.1 Å². The fourth-order valence-electron chi connectivity index (χ4n) is 4.35. The second kappa shape index (κ2) is 10.2. The van der Waals surface area contributed by atoms with E-state index in [4.69, 9.17) is 9.47 Å². The lowest BCUT2D eigenvalue weighted by molar-refractivity contribution is -0.125. The molecule has 0 radical (unpaired) electrons. The van der Waals surface area contributed by atoms with Crippen molar-refractivity contribution >= 4 is 17.7 Å². The molecule has 4 rings (SSSR count). The number of aryl methyl sites for hydroxylation is 1. The summed E-state index contributed by atoms with van der Waals surface area (Å²) in [6.07, 6.45) is 1.24. The van der Waals surface area contributed by atoms with Crippen LogP contribution in [-0.4, -0.2) is 54.6 Å². The Morgan fingerprint density at radius 2 is 1.56 bits per heavy atom. The van der Waals surface area contributed by atoms with Crippen molar-refractivity contribution in [3.05, 3.63) is 59.2 Å². The first-order valence-electron chi connectivity index (χ1n) is 11.7. The van der Waals surface area contributed by atoms with Gasteiger partial charge in [0.1, 0.15) is 6.04 Å². The molecule has 34 heavy (non-hydrogen) atoms. The number of piperidine rings is 1. The zero-order valence-corrected chi connectivity index (χ0v) is 19.8. The van der Waals surface area contributed by atoms with Crippen LogP contribution in [0.25, 0.3) is 0 Å². The molecule has 0 aromatic heterocycles. The lowest BCUT2D eigenvalue weighted by atomic mass is 9.88. The van der Waals surface area contributed by atoms with Gasteiger partial charge >= 0.3 is 0 Å². The first kappa shape index (κ1) is 23.6. The Hall–Kier alpha value is -3.55. The zero-order valence-electron chi connectivity index (χ0n) is 19.8. The number of carbonyl (C=O) groups excluding carboxylic acids is 3. The number of ether oxygens (including phenoxy) is 2. The summed E-state index contributed by atoms with van der Waals surface area (Å²) < 4.78 is 10.7. The third kappa shape index (κ3) is 5.32. The number of likely N-dealkylation sites (tertiary alicyclic amines) is 1. The SMILES string of the molecule is Cc1ccc(C(=O)N2CCC([C@@H](NC(=O)c3ccc4c(c3)OCO4)C(=O)NC(C)C)CC2)cc1. The van der Waals surface area contributed by atoms with Gasteiger partial charge in [0.05, 0.1) is 0 Å². The monoisotopic (exact) mass is 465 g/mol. The molecule has 2 N–H and O–H groups in total. The Morgan fingerprint density at radius 3 is 2.24 bits per heavy atom. The largest absolute Gasteiger partial charge is 0.454 e. The van der Waals surface area contributed by atoms with E-state index in [-0.39, 0.29) is 36.5 Å². The Morgan fingerprint density at radius 1 is 0.912 bits per heavy atom. The molecule has 0 bridgehead atoms. The van der Waals surface area contributed by atoms with Crippen molar-refractivity contribution < 1.29 is 23.9 Å². The topological polar surface area (TPSA) is 97.0 Å². The van der Waals surface area contributed by atoms with Crippen LogP contribution >= 0.6 is 0 Å². The van der Waals surface area contributed by atoms with Crippen LogP contribution in [0.1, 0.15) is 53.0 Å². The van der Waals surface area contributed by atoms with Gasteiger partial charge in [-0.05, 0) is 69.9 Å². The van der Waals surface area contributed by atoms with E-state index in [2.05, 4.69) is 10.6 Å². The third-order valence-electron chi connectivity index (χ3n) is 6.23. The first-order chi connectivity index (χ1) is 16.3. The van der Waals surface area contributed by atoms with Crippen molar-refractivity contribution in [1.82, 2.24) is 15.5 Å². The van der Waals surface area contributed by atoms with E-state index in [1.807, 2.05) is 49.9 Å². The maximum absolute atomic E-state index is 13.0. The molecule has 8 nitrogen and oxygen atoms in total. The average molecular weight is 466 g/mol. The molecule has 2 aromatic carbocycles. The van der Waals surface area contributed by atoms with Gasteiger partial charge in [-0.25, -0.2) is 0 Å². The molecule has 0 saturated carbocycles. The number of fused-ring (bicyclic) bond motifs is 1. The number of benzene rings is 2. The van der Waals surface area contributed by atoms with Crippen LogP contribution in [0, 0.1) is 12.8 Å². The summed E-state index contributed by atoms with van der Waals surface area (Å²) in [6, 6.07) is 11.8. The van der Waals surface area contributed by atoms with Crippen LogP contribution in [-0.2, 0) is 4.79 Å². The quantitative estimate of drug-likeness (QED) is 0.684. The first-order valence-corrected chi connectivity index (χ1v) is 11.7. The highest BCUT2D eigenvalue weighted by atomic mass is 16.7. The van der Waals surface area contributed by atoms with Crippen molar-refractivity contribution in [3.8, 4) is 11.5 Å². The number of nitrogens with one attached hydrogen (secondary N) is 2. The second-order valence-corrected chi connectivity index (χ2v) is 9.18. The van der Waals surface area contributed by atoms with Gasteiger partial charge < -0.3 is 25.0 Å². The van der Waals surface area contributed by atoms with E-state index in [1.165, 1.54) is 0 Å². The number of rotatable bonds is 6. The molecular formula is C26H31N3O5. The molecule has 180 valence electrons. The standard InChI is InChI=1S/C26H31N3O5/c1-16(2)27-25(31)23(28-24(30)20-8-9-21-22(14-20)34-15-33-21)18-10-12-29(13-11-18)26(32)19-6-4-17(3)5-7-19/h4-9,14,16,18,23H,10-13,15H2,1-3H3,(H,27,31)(H,28,30)/t23-/m1/s1. The average Bonchev–Trinajstić information content (AvgIpc) is 3.30. The van der Waals surface area contributed by atoms with E-state index in [1.54, 1.807) is 18.2 Å². The predicted octanol–water partition coefficient (Wildman–Crippen LogP) is 2.90. The minimum Gasteiger partial charge on any atom is -0.454 e. The van der Waals surface area contributed by atoms with E-state index in [0.29, 0.717) is 48.6 Å². The van der Waals surface area contributed by atoms with Gasteiger partial charge in [0.25, 0.3) is 11.8 Å². The molecule has 3 amide bonds. The summed E-state index contributed by atoms with van der Waals surface area (Å²) in [5.74, 6) is 0.451. The fraction of sp³-hybridized carbons (Fsp3) is 0.423. The second-order valence-electron chi connectivity index (χ2n) is 9.18. The molecule has 2 heterocycles. The molecule has 1 atom stereocenters. The van der Waals surface area contributed by atoms with Crippen molar-refractivity contribution in [2.24, 2.45) is 5.92 Å². The highest BCUT2D eigenvalue weighted by Gasteiger charge is 2.34. The number of carbonyl (C=O) groups is 3. The molecular weight excluding hydrogens is 434 g/mol. The van der Waals surface area contributed by atoms with E-state index in [9.17, 15) is 14.4 Å². The molecule has 1 saturated heterocycles. The van der Waals surface area contributed by atoms with Gasteiger partial charge in [-0.15, -0.1) is 0 Å². The van der Waals surface area contributed by atoms with Gasteiger partial charge in [0.2, 0.25) is 12.7 Å². The molecule has 1 fully saturated rings. The molecule has 8 heteroatoms. The van der Waals surface area contributed by atoms with Gasteiger partial charge in [0.15, 0.2) is 11.5 Å². The molecule has 2 aliphatic heterocycles. The van der Waals surface area contributed by atoms with Gasteiger partial charge in [-0.1, -0.05) is 17.7 Å². The minimum atomic E-state index is -0.697. The van der Waals surface area contributed by atoms with Crippen LogP contribution in [0.5, 0.6) is 11.5 Å².